The van der Waals surface area contributed by atoms with E-state index in [0.29, 0.717) is 25.1 Å². The van der Waals surface area contributed by atoms with Crippen LogP contribution in [0, 0.1) is 0 Å². The molecule has 1 aliphatic rings. The summed E-state index contributed by atoms with van der Waals surface area (Å²) < 4.78 is 11.0. The van der Waals surface area contributed by atoms with E-state index in [-0.39, 0.29) is 24.7 Å². The van der Waals surface area contributed by atoms with Crippen molar-refractivity contribution < 1.29 is 19.1 Å². The van der Waals surface area contributed by atoms with Crippen LogP contribution >= 0.6 is 0 Å². The van der Waals surface area contributed by atoms with Crippen LogP contribution in [0.15, 0.2) is 54.6 Å². The molecule has 0 saturated carbocycles. The standard InChI is InChI=1S/C22H25NO4/c1-16-13-23(14-17(2)27-16)21(24)15-26-22(25)20-11-7-6-10-19(20)12-18-8-4-3-5-9-18/h3-11,16-17H,12-15H2,1-2H3/t16-,17-/m0/s1. The van der Waals surface area contributed by atoms with E-state index in [4.69, 9.17) is 9.47 Å². The van der Waals surface area contributed by atoms with Crippen LogP contribution in [-0.2, 0) is 20.7 Å². The van der Waals surface area contributed by atoms with E-state index in [0.717, 1.165) is 11.1 Å². The first-order valence-corrected chi connectivity index (χ1v) is 9.25. The molecular formula is C22H25NO4. The number of rotatable bonds is 5. The Bertz CT molecular complexity index is 780. The van der Waals surface area contributed by atoms with Gasteiger partial charge in [0.1, 0.15) is 0 Å². The minimum atomic E-state index is -0.468. The monoisotopic (exact) mass is 367 g/mol. The van der Waals surface area contributed by atoms with Gasteiger partial charge < -0.3 is 14.4 Å². The highest BCUT2D eigenvalue weighted by atomic mass is 16.5. The van der Waals surface area contributed by atoms with Crippen molar-refractivity contribution in [3.8, 4) is 0 Å². The van der Waals surface area contributed by atoms with Gasteiger partial charge in [0.25, 0.3) is 5.91 Å². The molecule has 0 aromatic heterocycles. The fourth-order valence-corrected chi connectivity index (χ4v) is 3.37. The number of carbonyl (C=O) groups excluding carboxylic acids is 2. The van der Waals surface area contributed by atoms with Gasteiger partial charge in [-0.15, -0.1) is 0 Å². The average molecular weight is 367 g/mol. The fourth-order valence-electron chi connectivity index (χ4n) is 3.37. The van der Waals surface area contributed by atoms with Crippen molar-refractivity contribution in [2.75, 3.05) is 19.7 Å². The number of carbonyl (C=O) groups is 2. The molecule has 0 unspecified atom stereocenters. The lowest BCUT2D eigenvalue weighted by Crippen LogP contribution is -2.49. The highest BCUT2D eigenvalue weighted by Gasteiger charge is 2.26. The minimum Gasteiger partial charge on any atom is -0.452 e. The first-order valence-electron chi connectivity index (χ1n) is 9.25. The molecule has 3 rings (SSSR count). The van der Waals surface area contributed by atoms with Crippen LogP contribution in [0.4, 0.5) is 0 Å². The van der Waals surface area contributed by atoms with Gasteiger partial charge in [-0.1, -0.05) is 48.5 Å². The van der Waals surface area contributed by atoms with Crippen molar-refractivity contribution in [3.63, 3.8) is 0 Å². The Morgan fingerprint density at radius 3 is 2.33 bits per heavy atom. The Balaban J connectivity index is 1.62. The molecule has 5 nitrogen and oxygen atoms in total. The third-order valence-electron chi connectivity index (χ3n) is 4.57. The Kier molecular flexibility index (Phi) is 6.24. The summed E-state index contributed by atoms with van der Waals surface area (Å²) in [7, 11) is 0. The molecular weight excluding hydrogens is 342 g/mol. The molecule has 2 atom stereocenters. The number of hydrogen-bond acceptors (Lipinski definition) is 4. The summed E-state index contributed by atoms with van der Waals surface area (Å²) in [6, 6.07) is 17.3. The number of esters is 1. The fraction of sp³-hybridized carbons (Fsp3) is 0.364. The van der Waals surface area contributed by atoms with Crippen molar-refractivity contribution in [2.24, 2.45) is 0 Å². The second-order valence-electron chi connectivity index (χ2n) is 6.95. The largest absolute Gasteiger partial charge is 0.452 e. The number of hydrogen-bond donors (Lipinski definition) is 0. The summed E-state index contributed by atoms with van der Waals surface area (Å²) >= 11 is 0. The van der Waals surface area contributed by atoms with Gasteiger partial charge in [-0.2, -0.15) is 0 Å². The van der Waals surface area contributed by atoms with E-state index < -0.39 is 5.97 Å². The second kappa shape index (κ2) is 8.82. The zero-order valence-corrected chi connectivity index (χ0v) is 15.8. The second-order valence-corrected chi connectivity index (χ2v) is 6.95. The highest BCUT2D eigenvalue weighted by molar-refractivity contribution is 5.92. The summed E-state index contributed by atoms with van der Waals surface area (Å²) in [6.07, 6.45) is 0.610. The van der Waals surface area contributed by atoms with Crippen molar-refractivity contribution in [1.82, 2.24) is 4.90 Å². The normalized spacial score (nSPS) is 19.6. The van der Waals surface area contributed by atoms with E-state index in [2.05, 4.69) is 0 Å². The molecule has 2 aromatic carbocycles. The smallest absolute Gasteiger partial charge is 0.338 e. The van der Waals surface area contributed by atoms with Crippen LogP contribution in [-0.4, -0.2) is 48.7 Å². The molecule has 1 amide bonds. The first kappa shape index (κ1) is 19.1. The van der Waals surface area contributed by atoms with Crippen molar-refractivity contribution in [2.45, 2.75) is 32.5 Å². The van der Waals surface area contributed by atoms with Crippen molar-refractivity contribution in [3.05, 3.63) is 71.3 Å². The zero-order valence-electron chi connectivity index (χ0n) is 15.8. The van der Waals surface area contributed by atoms with Gasteiger partial charge in [0.05, 0.1) is 17.8 Å². The van der Waals surface area contributed by atoms with E-state index in [1.807, 2.05) is 56.3 Å². The van der Waals surface area contributed by atoms with Crippen LogP contribution in [0.1, 0.15) is 35.3 Å². The van der Waals surface area contributed by atoms with Gasteiger partial charge in [-0.05, 0) is 37.5 Å². The van der Waals surface area contributed by atoms with E-state index in [9.17, 15) is 9.59 Å². The van der Waals surface area contributed by atoms with Crippen LogP contribution in [0.25, 0.3) is 0 Å². The maximum atomic E-state index is 12.6. The molecule has 1 aliphatic heterocycles. The van der Waals surface area contributed by atoms with Gasteiger partial charge >= 0.3 is 5.97 Å². The maximum absolute atomic E-state index is 12.6. The Labute approximate surface area is 159 Å². The molecule has 1 saturated heterocycles. The van der Waals surface area contributed by atoms with Crippen LogP contribution in [0.2, 0.25) is 0 Å². The van der Waals surface area contributed by atoms with Crippen LogP contribution in [0.5, 0.6) is 0 Å². The lowest BCUT2D eigenvalue weighted by molar-refractivity contribution is -0.146. The van der Waals surface area contributed by atoms with E-state index >= 15 is 0 Å². The maximum Gasteiger partial charge on any atom is 0.338 e. The summed E-state index contributed by atoms with van der Waals surface area (Å²) in [5, 5.41) is 0. The van der Waals surface area contributed by atoms with Crippen LogP contribution < -0.4 is 0 Å². The van der Waals surface area contributed by atoms with Gasteiger partial charge in [-0.3, -0.25) is 4.79 Å². The van der Waals surface area contributed by atoms with Gasteiger partial charge in [0.15, 0.2) is 6.61 Å². The predicted octanol–water partition coefficient (Wildman–Crippen LogP) is 3.07. The molecule has 27 heavy (non-hydrogen) atoms. The van der Waals surface area contributed by atoms with Crippen molar-refractivity contribution in [1.29, 1.82) is 0 Å². The number of morpholine rings is 1. The molecule has 0 spiro atoms. The predicted molar refractivity (Wildman–Crippen MR) is 103 cm³/mol. The number of nitrogens with zero attached hydrogens (tertiary/aromatic N) is 1. The van der Waals surface area contributed by atoms with E-state index in [1.54, 1.807) is 17.0 Å². The first-order chi connectivity index (χ1) is 13.0. The third kappa shape index (κ3) is 5.17. The molecule has 0 N–H and O–H groups in total. The number of amides is 1. The van der Waals surface area contributed by atoms with Gasteiger partial charge in [0.2, 0.25) is 0 Å². The quantitative estimate of drug-likeness (QED) is 0.762. The van der Waals surface area contributed by atoms with E-state index in [1.165, 1.54) is 0 Å². The molecule has 0 bridgehead atoms. The average Bonchev–Trinajstić information content (AvgIpc) is 2.66. The molecule has 142 valence electrons. The Morgan fingerprint density at radius 1 is 1.00 bits per heavy atom. The zero-order chi connectivity index (χ0) is 19.2. The number of ether oxygens (including phenoxy) is 2. The Morgan fingerprint density at radius 2 is 1.63 bits per heavy atom. The molecule has 1 fully saturated rings. The lowest BCUT2D eigenvalue weighted by Gasteiger charge is -2.35. The minimum absolute atomic E-state index is 0.0139. The molecule has 5 heteroatoms. The number of benzene rings is 2. The Hall–Kier alpha value is -2.66. The molecule has 2 aromatic rings. The summed E-state index contributed by atoms with van der Waals surface area (Å²) in [6.45, 7) is 4.65. The highest BCUT2D eigenvalue weighted by Crippen LogP contribution is 2.16. The van der Waals surface area contributed by atoms with Crippen LogP contribution in [0.3, 0.4) is 0 Å². The SMILES string of the molecule is C[C@H]1CN(C(=O)COC(=O)c2ccccc2Cc2ccccc2)C[C@H](C)O1. The summed E-state index contributed by atoms with van der Waals surface area (Å²) in [5.41, 5.74) is 2.50. The summed E-state index contributed by atoms with van der Waals surface area (Å²) in [4.78, 5) is 26.6. The molecule has 1 heterocycles. The van der Waals surface area contributed by atoms with Gasteiger partial charge in [0, 0.05) is 13.1 Å². The topological polar surface area (TPSA) is 55.8 Å². The third-order valence-corrected chi connectivity index (χ3v) is 4.57. The molecule has 0 radical (unpaired) electrons. The van der Waals surface area contributed by atoms with Gasteiger partial charge in [-0.25, -0.2) is 4.79 Å². The lowest BCUT2D eigenvalue weighted by atomic mass is 10.00. The van der Waals surface area contributed by atoms with Crippen molar-refractivity contribution >= 4 is 11.9 Å². The summed E-state index contributed by atoms with van der Waals surface area (Å²) in [5.74, 6) is -0.657. The molecule has 0 aliphatic carbocycles.